The highest BCUT2D eigenvalue weighted by Crippen LogP contribution is 2.32. The summed E-state index contributed by atoms with van der Waals surface area (Å²) < 4.78 is 35.5. The first kappa shape index (κ1) is 23.4. The molecule has 7 nitrogen and oxygen atoms in total. The molecule has 0 aromatic heterocycles. The summed E-state index contributed by atoms with van der Waals surface area (Å²) in [6.07, 6.45) is 1.41. The van der Waals surface area contributed by atoms with Crippen LogP contribution in [-0.4, -0.2) is 39.2 Å². The molecule has 2 heterocycles. The van der Waals surface area contributed by atoms with E-state index in [1.54, 1.807) is 0 Å². The van der Waals surface area contributed by atoms with Crippen LogP contribution in [0, 0.1) is 5.82 Å². The Balaban J connectivity index is 0.00000272. The summed E-state index contributed by atoms with van der Waals surface area (Å²) >= 11 is 0. The Bertz CT molecular complexity index is 926. The van der Waals surface area contributed by atoms with Gasteiger partial charge in [0, 0.05) is 25.2 Å². The molecule has 4 rings (SSSR count). The standard InChI is InChI=1S/C22H26FN3O4.HI/c1-2-24-22(25-7-5-15-3-4-19-20(9-15)29-14-28-19)26-8-6-16-10-18(23)11-17-12-27-13-30-21(16)17;/h3-4,9-11H,2,5-8,12-14H2,1H3,(H2,24,25,26);1H. The van der Waals surface area contributed by atoms with E-state index in [1.807, 2.05) is 25.1 Å². The number of aliphatic imine (C=N–C) groups is 1. The summed E-state index contributed by atoms with van der Waals surface area (Å²) in [4.78, 5) is 4.62. The molecule has 2 N–H and O–H groups in total. The summed E-state index contributed by atoms with van der Waals surface area (Å²) in [6.45, 7) is 4.85. The van der Waals surface area contributed by atoms with Crippen LogP contribution in [0.4, 0.5) is 4.39 Å². The third kappa shape index (κ3) is 6.13. The highest BCUT2D eigenvalue weighted by molar-refractivity contribution is 14.0. The second kappa shape index (κ2) is 11.4. The van der Waals surface area contributed by atoms with Gasteiger partial charge in [-0.2, -0.15) is 0 Å². The minimum absolute atomic E-state index is 0. The van der Waals surface area contributed by atoms with Crippen molar-refractivity contribution < 1.29 is 23.3 Å². The molecule has 168 valence electrons. The van der Waals surface area contributed by atoms with Gasteiger partial charge in [-0.1, -0.05) is 6.07 Å². The van der Waals surface area contributed by atoms with Crippen LogP contribution in [0.1, 0.15) is 23.6 Å². The fourth-order valence-corrected chi connectivity index (χ4v) is 3.49. The van der Waals surface area contributed by atoms with E-state index in [0.717, 1.165) is 59.4 Å². The molecule has 0 saturated carbocycles. The van der Waals surface area contributed by atoms with Crippen molar-refractivity contribution in [2.45, 2.75) is 26.4 Å². The van der Waals surface area contributed by atoms with E-state index in [9.17, 15) is 4.39 Å². The van der Waals surface area contributed by atoms with Crippen molar-refractivity contribution in [2.75, 3.05) is 33.2 Å². The second-order valence-electron chi connectivity index (χ2n) is 7.04. The van der Waals surface area contributed by atoms with Crippen molar-refractivity contribution in [2.24, 2.45) is 4.99 Å². The van der Waals surface area contributed by atoms with Crippen LogP contribution in [0.25, 0.3) is 0 Å². The van der Waals surface area contributed by atoms with Gasteiger partial charge in [0.1, 0.15) is 11.6 Å². The van der Waals surface area contributed by atoms with Gasteiger partial charge in [0.25, 0.3) is 0 Å². The van der Waals surface area contributed by atoms with Gasteiger partial charge in [0.15, 0.2) is 24.3 Å². The lowest BCUT2D eigenvalue weighted by Crippen LogP contribution is -2.38. The number of guanidine groups is 1. The predicted molar refractivity (Wildman–Crippen MR) is 126 cm³/mol. The number of ether oxygens (including phenoxy) is 4. The van der Waals surface area contributed by atoms with E-state index in [-0.39, 0.29) is 43.4 Å². The Labute approximate surface area is 198 Å². The van der Waals surface area contributed by atoms with Gasteiger partial charge in [-0.05, 0) is 55.2 Å². The zero-order valence-corrected chi connectivity index (χ0v) is 19.7. The van der Waals surface area contributed by atoms with Gasteiger partial charge >= 0.3 is 0 Å². The molecule has 0 aliphatic carbocycles. The minimum Gasteiger partial charge on any atom is -0.467 e. The lowest BCUT2D eigenvalue weighted by molar-refractivity contribution is -0.0172. The highest BCUT2D eigenvalue weighted by Gasteiger charge is 2.17. The maximum Gasteiger partial charge on any atom is 0.231 e. The zero-order chi connectivity index (χ0) is 20.8. The van der Waals surface area contributed by atoms with E-state index in [2.05, 4.69) is 15.6 Å². The molecule has 2 aromatic rings. The third-order valence-corrected chi connectivity index (χ3v) is 4.89. The van der Waals surface area contributed by atoms with Crippen LogP contribution in [0.2, 0.25) is 0 Å². The molecule has 0 amide bonds. The molecular weight excluding hydrogens is 516 g/mol. The molecule has 2 aliphatic rings. The van der Waals surface area contributed by atoms with E-state index >= 15 is 0 Å². The lowest BCUT2D eigenvalue weighted by Gasteiger charge is -2.20. The maximum absolute atomic E-state index is 13.9. The first-order valence-electron chi connectivity index (χ1n) is 10.2. The Morgan fingerprint density at radius 3 is 2.77 bits per heavy atom. The topological polar surface area (TPSA) is 73.3 Å². The summed E-state index contributed by atoms with van der Waals surface area (Å²) in [5.41, 5.74) is 2.72. The largest absolute Gasteiger partial charge is 0.467 e. The van der Waals surface area contributed by atoms with Gasteiger partial charge in [-0.3, -0.25) is 4.99 Å². The van der Waals surface area contributed by atoms with E-state index in [0.29, 0.717) is 19.6 Å². The van der Waals surface area contributed by atoms with Crippen molar-refractivity contribution in [1.82, 2.24) is 10.6 Å². The van der Waals surface area contributed by atoms with Crippen molar-refractivity contribution in [3.05, 3.63) is 52.8 Å². The van der Waals surface area contributed by atoms with Crippen LogP contribution < -0.4 is 24.8 Å². The first-order valence-corrected chi connectivity index (χ1v) is 10.2. The smallest absolute Gasteiger partial charge is 0.231 e. The SMILES string of the molecule is CCNC(=NCCc1cc(F)cc2c1OCOC2)NCCc1ccc2c(c1)OCO2.I. The number of hydrogen-bond acceptors (Lipinski definition) is 5. The lowest BCUT2D eigenvalue weighted by atomic mass is 10.1. The Morgan fingerprint density at radius 1 is 1.03 bits per heavy atom. The van der Waals surface area contributed by atoms with Crippen LogP contribution in [-0.2, 0) is 24.2 Å². The van der Waals surface area contributed by atoms with Crippen molar-refractivity contribution >= 4 is 29.9 Å². The first-order chi connectivity index (χ1) is 14.7. The van der Waals surface area contributed by atoms with E-state index in [1.165, 1.54) is 12.1 Å². The van der Waals surface area contributed by atoms with Crippen LogP contribution in [0.3, 0.4) is 0 Å². The molecule has 0 spiro atoms. The van der Waals surface area contributed by atoms with Gasteiger partial charge in [-0.15, -0.1) is 24.0 Å². The van der Waals surface area contributed by atoms with Crippen molar-refractivity contribution in [1.29, 1.82) is 0 Å². The Morgan fingerprint density at radius 2 is 1.90 bits per heavy atom. The molecule has 0 atom stereocenters. The number of benzene rings is 2. The van der Waals surface area contributed by atoms with E-state index in [4.69, 9.17) is 18.9 Å². The second-order valence-corrected chi connectivity index (χ2v) is 7.04. The molecule has 0 unspecified atom stereocenters. The van der Waals surface area contributed by atoms with Crippen LogP contribution >= 0.6 is 24.0 Å². The molecule has 0 radical (unpaired) electrons. The van der Waals surface area contributed by atoms with Gasteiger partial charge in [0.2, 0.25) is 6.79 Å². The van der Waals surface area contributed by atoms with Crippen LogP contribution in [0.15, 0.2) is 35.3 Å². The number of rotatable bonds is 7. The normalized spacial score (nSPS) is 14.3. The predicted octanol–water partition coefficient (Wildman–Crippen LogP) is 3.38. The van der Waals surface area contributed by atoms with Gasteiger partial charge in [0.05, 0.1) is 6.61 Å². The van der Waals surface area contributed by atoms with Crippen molar-refractivity contribution in [3.8, 4) is 17.2 Å². The van der Waals surface area contributed by atoms with Crippen LogP contribution in [0.5, 0.6) is 17.2 Å². The summed E-state index contributed by atoms with van der Waals surface area (Å²) in [7, 11) is 0. The summed E-state index contributed by atoms with van der Waals surface area (Å²) in [5.74, 6) is 2.75. The quantitative estimate of drug-likeness (QED) is 0.317. The molecule has 2 aliphatic heterocycles. The average Bonchev–Trinajstić information content (AvgIpc) is 3.21. The molecule has 0 saturated heterocycles. The third-order valence-electron chi connectivity index (χ3n) is 4.89. The van der Waals surface area contributed by atoms with Crippen molar-refractivity contribution in [3.63, 3.8) is 0 Å². The number of halogens is 2. The summed E-state index contributed by atoms with van der Waals surface area (Å²) in [6, 6.07) is 8.95. The summed E-state index contributed by atoms with van der Waals surface area (Å²) in [5, 5.41) is 6.58. The number of hydrogen-bond donors (Lipinski definition) is 2. The van der Waals surface area contributed by atoms with E-state index < -0.39 is 0 Å². The molecule has 31 heavy (non-hydrogen) atoms. The highest BCUT2D eigenvalue weighted by atomic mass is 127. The monoisotopic (exact) mass is 543 g/mol. The average molecular weight is 543 g/mol. The fourth-order valence-electron chi connectivity index (χ4n) is 3.49. The van der Waals surface area contributed by atoms with Gasteiger partial charge in [-0.25, -0.2) is 4.39 Å². The fraction of sp³-hybridized carbons (Fsp3) is 0.409. The molecule has 0 fully saturated rings. The Kier molecular flexibility index (Phi) is 8.59. The molecule has 0 bridgehead atoms. The maximum atomic E-state index is 13.9. The Hall–Kier alpha value is -2.27. The molecular formula is C22H27FIN3O4. The number of nitrogens with zero attached hydrogens (tertiary/aromatic N) is 1. The number of nitrogens with one attached hydrogen (secondary N) is 2. The number of fused-ring (bicyclic) bond motifs is 2. The minimum atomic E-state index is -0.282. The molecule has 2 aromatic carbocycles. The van der Waals surface area contributed by atoms with Gasteiger partial charge < -0.3 is 29.6 Å². The zero-order valence-electron chi connectivity index (χ0n) is 17.4. The molecule has 9 heteroatoms.